The fourth-order valence-corrected chi connectivity index (χ4v) is 2.31. The lowest BCUT2D eigenvalue weighted by atomic mass is 10.2. The summed E-state index contributed by atoms with van der Waals surface area (Å²) in [6.45, 7) is 4.03. The molecule has 2 N–H and O–H groups in total. The van der Waals surface area contributed by atoms with E-state index < -0.39 is 0 Å². The van der Waals surface area contributed by atoms with Gasteiger partial charge in [-0.2, -0.15) is 5.21 Å². The van der Waals surface area contributed by atoms with Crippen LogP contribution in [0.15, 0.2) is 42.6 Å². The van der Waals surface area contributed by atoms with Crippen molar-refractivity contribution in [2.45, 2.75) is 26.4 Å². The molecule has 2 aromatic heterocycles. The first-order valence-electron chi connectivity index (χ1n) is 7.08. The van der Waals surface area contributed by atoms with Gasteiger partial charge >= 0.3 is 0 Å². The fourth-order valence-electron chi connectivity index (χ4n) is 2.31. The number of rotatable bonds is 6. The Bertz CT molecular complexity index is 686. The highest BCUT2D eigenvalue weighted by atomic mass is 15.5. The van der Waals surface area contributed by atoms with Crippen molar-refractivity contribution in [3.05, 3.63) is 48.3 Å². The second-order valence-corrected chi connectivity index (χ2v) is 4.86. The molecule has 0 aliphatic heterocycles. The molecule has 1 aromatic carbocycles. The van der Waals surface area contributed by atoms with E-state index in [2.05, 4.69) is 55.8 Å². The van der Waals surface area contributed by atoms with Crippen molar-refractivity contribution in [3.8, 4) is 11.4 Å². The van der Waals surface area contributed by atoms with E-state index in [-0.39, 0.29) is 0 Å². The standard InChI is InChI=1S/C15H18N6/c1-2-8-21-9-4-7-14(21)11-16-13-6-3-5-12(10-13)15-17-19-20-18-15/h3-7,9-10,16H,2,8,11H2,1H3,(H,17,18,19,20). The lowest BCUT2D eigenvalue weighted by molar-refractivity contribution is 0.654. The summed E-state index contributed by atoms with van der Waals surface area (Å²) in [6.07, 6.45) is 3.26. The van der Waals surface area contributed by atoms with Crippen molar-refractivity contribution in [1.82, 2.24) is 25.2 Å². The number of aryl methyl sites for hydroxylation is 1. The number of nitrogens with one attached hydrogen (secondary N) is 2. The highest BCUT2D eigenvalue weighted by molar-refractivity contribution is 5.61. The van der Waals surface area contributed by atoms with Crippen molar-refractivity contribution in [2.24, 2.45) is 0 Å². The Morgan fingerprint density at radius 2 is 2.19 bits per heavy atom. The minimum atomic E-state index is 0.605. The van der Waals surface area contributed by atoms with Crippen LogP contribution in [0.1, 0.15) is 19.0 Å². The summed E-state index contributed by atoms with van der Waals surface area (Å²) < 4.78 is 2.27. The predicted octanol–water partition coefficient (Wildman–Crippen LogP) is 2.69. The van der Waals surface area contributed by atoms with E-state index in [1.165, 1.54) is 5.69 Å². The molecule has 6 heteroatoms. The maximum atomic E-state index is 4.00. The van der Waals surface area contributed by atoms with Crippen LogP contribution in [0.4, 0.5) is 5.69 Å². The molecule has 0 amide bonds. The summed E-state index contributed by atoms with van der Waals surface area (Å²) in [4.78, 5) is 0. The molecule has 0 aliphatic rings. The number of tetrazole rings is 1. The Morgan fingerprint density at radius 3 is 3.00 bits per heavy atom. The van der Waals surface area contributed by atoms with Crippen LogP contribution in [0.3, 0.4) is 0 Å². The van der Waals surface area contributed by atoms with Crippen LogP contribution in [0.25, 0.3) is 11.4 Å². The van der Waals surface area contributed by atoms with Crippen LogP contribution >= 0.6 is 0 Å². The minimum absolute atomic E-state index is 0.605. The van der Waals surface area contributed by atoms with E-state index in [0.717, 1.165) is 30.8 Å². The van der Waals surface area contributed by atoms with Crippen LogP contribution < -0.4 is 5.32 Å². The molecule has 0 saturated heterocycles. The summed E-state index contributed by atoms with van der Waals surface area (Å²) >= 11 is 0. The van der Waals surface area contributed by atoms with Gasteiger partial charge in [-0.15, -0.1) is 10.2 Å². The quantitative estimate of drug-likeness (QED) is 0.729. The maximum absolute atomic E-state index is 4.00. The summed E-state index contributed by atoms with van der Waals surface area (Å²) in [5, 5.41) is 17.5. The third kappa shape index (κ3) is 3.10. The van der Waals surface area contributed by atoms with Crippen molar-refractivity contribution >= 4 is 5.69 Å². The third-order valence-corrected chi connectivity index (χ3v) is 3.33. The minimum Gasteiger partial charge on any atom is -0.379 e. The topological polar surface area (TPSA) is 71.4 Å². The lowest BCUT2D eigenvalue weighted by Crippen LogP contribution is -2.06. The molecule has 0 saturated carbocycles. The molecule has 0 bridgehead atoms. The Balaban J connectivity index is 1.71. The number of nitrogens with zero attached hydrogens (tertiary/aromatic N) is 4. The van der Waals surface area contributed by atoms with E-state index in [0.29, 0.717) is 5.82 Å². The molecule has 3 aromatic rings. The van der Waals surface area contributed by atoms with E-state index in [9.17, 15) is 0 Å². The van der Waals surface area contributed by atoms with Gasteiger partial charge in [0.15, 0.2) is 0 Å². The van der Waals surface area contributed by atoms with E-state index in [4.69, 9.17) is 0 Å². The predicted molar refractivity (Wildman–Crippen MR) is 81.7 cm³/mol. The molecule has 0 unspecified atom stereocenters. The SMILES string of the molecule is CCCn1cccc1CNc1cccc(-c2nn[nH]n2)c1. The number of benzene rings is 1. The Hall–Kier alpha value is -2.63. The van der Waals surface area contributed by atoms with Crippen LogP contribution in [0, 0.1) is 0 Å². The zero-order chi connectivity index (χ0) is 14.5. The molecule has 6 nitrogen and oxygen atoms in total. The molecule has 0 radical (unpaired) electrons. The van der Waals surface area contributed by atoms with Gasteiger partial charge in [0.05, 0.1) is 6.54 Å². The van der Waals surface area contributed by atoms with Crippen molar-refractivity contribution < 1.29 is 0 Å². The largest absolute Gasteiger partial charge is 0.379 e. The van der Waals surface area contributed by atoms with E-state index in [1.54, 1.807) is 0 Å². The number of H-pyrrole nitrogens is 1. The second-order valence-electron chi connectivity index (χ2n) is 4.86. The Labute approximate surface area is 123 Å². The molecule has 21 heavy (non-hydrogen) atoms. The van der Waals surface area contributed by atoms with Gasteiger partial charge in [-0.3, -0.25) is 0 Å². The highest BCUT2D eigenvalue weighted by Crippen LogP contribution is 2.19. The Kier molecular flexibility index (Phi) is 3.95. The van der Waals surface area contributed by atoms with Gasteiger partial charge in [0.25, 0.3) is 0 Å². The zero-order valence-electron chi connectivity index (χ0n) is 12.0. The average Bonchev–Trinajstić information content (AvgIpc) is 3.18. The second kappa shape index (κ2) is 6.21. The molecule has 0 fully saturated rings. The van der Waals surface area contributed by atoms with E-state index >= 15 is 0 Å². The van der Waals surface area contributed by atoms with Gasteiger partial charge in [-0.25, -0.2) is 0 Å². The van der Waals surface area contributed by atoms with Crippen molar-refractivity contribution in [2.75, 3.05) is 5.32 Å². The summed E-state index contributed by atoms with van der Waals surface area (Å²) in [6, 6.07) is 12.2. The van der Waals surface area contributed by atoms with E-state index in [1.807, 2.05) is 24.3 Å². The Morgan fingerprint density at radius 1 is 1.24 bits per heavy atom. The molecular formula is C15H18N6. The number of hydrogen-bond donors (Lipinski definition) is 2. The highest BCUT2D eigenvalue weighted by Gasteiger charge is 2.04. The van der Waals surface area contributed by atoms with Crippen molar-refractivity contribution in [1.29, 1.82) is 0 Å². The van der Waals surface area contributed by atoms with Crippen LogP contribution in [-0.4, -0.2) is 25.2 Å². The number of aromatic amines is 1. The summed E-state index contributed by atoms with van der Waals surface area (Å²) in [7, 11) is 0. The smallest absolute Gasteiger partial charge is 0.204 e. The number of aromatic nitrogens is 5. The van der Waals surface area contributed by atoms with Crippen LogP contribution in [-0.2, 0) is 13.1 Å². The van der Waals surface area contributed by atoms with Crippen LogP contribution in [0.2, 0.25) is 0 Å². The first kappa shape index (κ1) is 13.4. The molecule has 0 spiro atoms. The molecule has 3 rings (SSSR count). The van der Waals surface area contributed by atoms with Gasteiger partial charge in [-0.1, -0.05) is 19.1 Å². The molecule has 108 valence electrons. The zero-order valence-corrected chi connectivity index (χ0v) is 12.0. The van der Waals surface area contributed by atoms with Gasteiger partial charge in [-0.05, 0) is 35.9 Å². The molecular weight excluding hydrogens is 264 g/mol. The fraction of sp³-hybridized carbons (Fsp3) is 0.267. The molecule has 0 aliphatic carbocycles. The maximum Gasteiger partial charge on any atom is 0.204 e. The lowest BCUT2D eigenvalue weighted by Gasteiger charge is -2.10. The molecule has 2 heterocycles. The summed E-state index contributed by atoms with van der Waals surface area (Å²) in [5.74, 6) is 0.605. The van der Waals surface area contributed by atoms with Gasteiger partial charge in [0, 0.05) is 29.7 Å². The molecule has 0 atom stereocenters. The van der Waals surface area contributed by atoms with Gasteiger partial charge in [0.2, 0.25) is 5.82 Å². The first-order chi connectivity index (χ1) is 10.4. The summed E-state index contributed by atoms with van der Waals surface area (Å²) in [5.41, 5.74) is 3.26. The van der Waals surface area contributed by atoms with Crippen LogP contribution in [0.5, 0.6) is 0 Å². The van der Waals surface area contributed by atoms with Gasteiger partial charge < -0.3 is 9.88 Å². The third-order valence-electron chi connectivity index (χ3n) is 3.33. The number of anilines is 1. The van der Waals surface area contributed by atoms with Crippen molar-refractivity contribution in [3.63, 3.8) is 0 Å². The number of hydrogen-bond acceptors (Lipinski definition) is 4. The monoisotopic (exact) mass is 282 g/mol. The first-order valence-corrected chi connectivity index (χ1v) is 7.08. The normalized spacial score (nSPS) is 10.7. The van der Waals surface area contributed by atoms with Gasteiger partial charge in [0.1, 0.15) is 0 Å². The average molecular weight is 282 g/mol.